The summed E-state index contributed by atoms with van der Waals surface area (Å²) in [7, 11) is 0. The van der Waals surface area contributed by atoms with Crippen molar-refractivity contribution in [2.75, 3.05) is 0 Å². The van der Waals surface area contributed by atoms with Crippen LogP contribution in [0.4, 0.5) is 0 Å². The van der Waals surface area contributed by atoms with Crippen LogP contribution in [0.3, 0.4) is 0 Å². The Morgan fingerprint density at radius 3 is 2.39 bits per heavy atom. The van der Waals surface area contributed by atoms with Gasteiger partial charge in [-0.05, 0) is 61.6 Å². The summed E-state index contributed by atoms with van der Waals surface area (Å²) in [5.41, 5.74) is 0.645. The lowest BCUT2D eigenvalue weighted by Crippen LogP contribution is -2.57. The summed E-state index contributed by atoms with van der Waals surface area (Å²) in [5.74, 6) is -2.17. The van der Waals surface area contributed by atoms with Crippen LogP contribution in [0.15, 0.2) is 24.3 Å². The number of aliphatic hydroxyl groups is 2. The second-order valence-corrected chi connectivity index (χ2v) is 9.71. The number of likely N-dealkylation sites (tertiary alicyclic amines) is 1. The normalized spacial score (nSPS) is 26.5. The zero-order valence-corrected chi connectivity index (χ0v) is 19.1. The Hall–Kier alpha value is -2.65. The Bertz CT molecular complexity index is 857. The summed E-state index contributed by atoms with van der Waals surface area (Å²) in [6.07, 6.45) is 0.217. The van der Waals surface area contributed by atoms with Crippen molar-refractivity contribution in [2.45, 2.75) is 82.7 Å². The molecule has 0 spiro atoms. The number of aromatic hydroxyl groups is 1. The summed E-state index contributed by atoms with van der Waals surface area (Å²) in [5, 5.41) is 42.3. The topological polar surface area (TPSA) is 147 Å². The molecule has 33 heavy (non-hydrogen) atoms. The van der Waals surface area contributed by atoms with Crippen molar-refractivity contribution in [2.24, 2.45) is 11.8 Å². The molecule has 1 saturated heterocycles. The number of hydrogen-bond donors (Lipinski definition) is 5. The van der Waals surface area contributed by atoms with Gasteiger partial charge in [-0.25, -0.2) is 4.79 Å². The Labute approximate surface area is 193 Å². The zero-order chi connectivity index (χ0) is 24.3. The average molecular weight is 463 g/mol. The number of aliphatic hydroxyl groups excluding tert-OH is 2. The molecule has 3 rings (SSSR count). The van der Waals surface area contributed by atoms with E-state index in [9.17, 15) is 34.8 Å². The van der Waals surface area contributed by atoms with E-state index in [4.69, 9.17) is 0 Å². The number of nitrogens with zero attached hydrogens (tertiary/aromatic N) is 1. The first-order valence-corrected chi connectivity index (χ1v) is 11.6. The largest absolute Gasteiger partial charge is 0.508 e. The number of phenolic OH excluding ortho intramolecular Hbond substituents is 1. The number of phenols is 1. The van der Waals surface area contributed by atoms with Gasteiger partial charge in [0.2, 0.25) is 11.8 Å². The highest BCUT2D eigenvalue weighted by atomic mass is 16.4. The predicted molar refractivity (Wildman–Crippen MR) is 119 cm³/mol. The Kier molecular flexibility index (Phi) is 7.97. The van der Waals surface area contributed by atoms with E-state index < -0.39 is 42.1 Å². The fourth-order valence-corrected chi connectivity index (χ4v) is 5.06. The maximum Gasteiger partial charge on any atom is 0.326 e. The third kappa shape index (κ3) is 6.03. The highest BCUT2D eigenvalue weighted by Crippen LogP contribution is 2.40. The van der Waals surface area contributed by atoms with Crippen LogP contribution in [-0.2, 0) is 20.8 Å². The van der Waals surface area contributed by atoms with E-state index in [1.165, 1.54) is 17.0 Å². The number of carboxylic acids is 1. The number of amides is 2. The van der Waals surface area contributed by atoms with Gasteiger partial charge in [0.15, 0.2) is 0 Å². The van der Waals surface area contributed by atoms with Gasteiger partial charge in [-0.2, -0.15) is 0 Å². The van der Waals surface area contributed by atoms with Gasteiger partial charge in [-0.15, -0.1) is 0 Å². The monoisotopic (exact) mass is 462 g/mol. The molecular weight excluding hydrogens is 428 g/mol. The van der Waals surface area contributed by atoms with Crippen molar-refractivity contribution in [3.05, 3.63) is 29.8 Å². The first-order chi connectivity index (χ1) is 15.6. The van der Waals surface area contributed by atoms with Crippen molar-refractivity contribution in [3.8, 4) is 5.75 Å². The third-order valence-corrected chi connectivity index (χ3v) is 6.68. The predicted octanol–water partition coefficient (Wildman–Crippen LogP) is 1.04. The average Bonchev–Trinajstić information content (AvgIpc) is 3.12. The van der Waals surface area contributed by atoms with Gasteiger partial charge >= 0.3 is 5.97 Å². The molecule has 9 heteroatoms. The van der Waals surface area contributed by atoms with E-state index in [1.54, 1.807) is 12.1 Å². The van der Waals surface area contributed by atoms with Crippen molar-refractivity contribution in [1.29, 1.82) is 0 Å². The number of benzene rings is 1. The fraction of sp³-hybridized carbons (Fsp3) is 0.625. The van der Waals surface area contributed by atoms with Gasteiger partial charge in [-0.1, -0.05) is 26.0 Å². The van der Waals surface area contributed by atoms with Gasteiger partial charge < -0.3 is 30.6 Å². The lowest BCUT2D eigenvalue weighted by molar-refractivity contribution is -0.152. The van der Waals surface area contributed by atoms with Crippen LogP contribution < -0.4 is 5.32 Å². The molecule has 9 nitrogen and oxygen atoms in total. The molecule has 1 aliphatic heterocycles. The van der Waals surface area contributed by atoms with Crippen molar-refractivity contribution >= 4 is 17.8 Å². The highest BCUT2D eigenvalue weighted by molar-refractivity contribution is 5.92. The molecule has 1 aromatic rings. The van der Waals surface area contributed by atoms with Crippen LogP contribution in [0.25, 0.3) is 0 Å². The Morgan fingerprint density at radius 2 is 1.79 bits per heavy atom. The fourth-order valence-electron chi connectivity index (χ4n) is 5.06. The van der Waals surface area contributed by atoms with E-state index in [1.807, 2.05) is 13.8 Å². The highest BCUT2D eigenvalue weighted by Gasteiger charge is 2.50. The molecule has 1 heterocycles. The molecule has 6 atom stereocenters. The number of carbonyl (C=O) groups is 3. The molecule has 0 radical (unpaired) electrons. The van der Waals surface area contributed by atoms with E-state index in [0.29, 0.717) is 37.7 Å². The number of carboxylic acid groups (broad SMARTS) is 1. The SMILES string of the molecule is CC(C)C[C@@H](NC(=O)[C@@H](O)Cc1ccc(O)cc1)C(=O)N1[C@H](C(=O)O)C[C@@H]2CC[C@@H](O)C[C@@H]21. The van der Waals surface area contributed by atoms with Crippen LogP contribution in [-0.4, -0.2) is 73.4 Å². The molecule has 182 valence electrons. The van der Waals surface area contributed by atoms with E-state index >= 15 is 0 Å². The number of rotatable bonds is 8. The molecular formula is C24H34N2O7. The first-order valence-electron chi connectivity index (χ1n) is 11.6. The molecule has 1 saturated carbocycles. The van der Waals surface area contributed by atoms with E-state index in [0.717, 1.165) is 0 Å². The maximum absolute atomic E-state index is 13.6. The second-order valence-electron chi connectivity index (χ2n) is 9.71. The molecule has 0 unspecified atom stereocenters. The zero-order valence-electron chi connectivity index (χ0n) is 19.1. The minimum absolute atomic E-state index is 0.00700. The number of aliphatic carboxylic acids is 1. The minimum atomic E-state index is -1.41. The molecule has 5 N–H and O–H groups in total. The van der Waals surface area contributed by atoms with Gasteiger partial charge in [0.1, 0.15) is 23.9 Å². The van der Waals surface area contributed by atoms with Crippen LogP contribution >= 0.6 is 0 Å². The smallest absolute Gasteiger partial charge is 0.326 e. The number of carbonyl (C=O) groups excluding carboxylic acids is 2. The van der Waals surface area contributed by atoms with Crippen molar-refractivity contribution in [1.82, 2.24) is 10.2 Å². The Balaban J connectivity index is 1.76. The van der Waals surface area contributed by atoms with Crippen LogP contribution in [0, 0.1) is 11.8 Å². The van der Waals surface area contributed by atoms with Crippen molar-refractivity contribution in [3.63, 3.8) is 0 Å². The molecule has 1 aromatic carbocycles. The summed E-state index contributed by atoms with van der Waals surface area (Å²) in [6, 6.07) is 3.75. The van der Waals surface area contributed by atoms with Crippen LogP contribution in [0.5, 0.6) is 5.75 Å². The van der Waals surface area contributed by atoms with Gasteiger partial charge in [0, 0.05) is 12.5 Å². The molecule has 2 amide bonds. The number of hydrogen-bond acceptors (Lipinski definition) is 6. The van der Waals surface area contributed by atoms with Crippen molar-refractivity contribution < 1.29 is 34.8 Å². The molecule has 2 fully saturated rings. The van der Waals surface area contributed by atoms with Crippen LogP contribution in [0.1, 0.15) is 51.5 Å². The third-order valence-electron chi connectivity index (χ3n) is 6.68. The first kappa shape index (κ1) is 25.0. The van der Waals surface area contributed by atoms with Gasteiger partial charge in [0.05, 0.1) is 6.10 Å². The minimum Gasteiger partial charge on any atom is -0.508 e. The quantitative estimate of drug-likeness (QED) is 0.388. The lowest BCUT2D eigenvalue weighted by atomic mass is 9.83. The van der Waals surface area contributed by atoms with E-state index in [-0.39, 0.29) is 30.0 Å². The molecule has 1 aliphatic carbocycles. The van der Waals surface area contributed by atoms with Gasteiger partial charge in [0.25, 0.3) is 0 Å². The summed E-state index contributed by atoms with van der Waals surface area (Å²) >= 11 is 0. The van der Waals surface area contributed by atoms with Gasteiger partial charge in [-0.3, -0.25) is 9.59 Å². The standard InChI is InChI=1S/C24H34N2O7/c1-13(2)9-18(25-22(30)21(29)10-14-3-6-16(27)7-4-14)23(31)26-19-12-17(28)8-5-15(19)11-20(26)24(32)33/h3-4,6-7,13,15,17-21,27-29H,5,8-12H2,1-2H3,(H,25,30)(H,32,33)/t15-,17+,18+,19-,20-,21-/m0/s1. The maximum atomic E-state index is 13.6. The summed E-state index contributed by atoms with van der Waals surface area (Å²) in [6.45, 7) is 3.79. The lowest BCUT2D eigenvalue weighted by Gasteiger charge is -2.37. The van der Waals surface area contributed by atoms with E-state index in [2.05, 4.69) is 5.32 Å². The number of fused-ring (bicyclic) bond motifs is 1. The summed E-state index contributed by atoms with van der Waals surface area (Å²) in [4.78, 5) is 39.6. The molecule has 2 aliphatic rings. The number of nitrogens with one attached hydrogen (secondary N) is 1. The molecule has 0 aromatic heterocycles. The van der Waals surface area contributed by atoms with Crippen LogP contribution in [0.2, 0.25) is 0 Å². The second kappa shape index (κ2) is 10.5. The molecule has 0 bridgehead atoms. The Morgan fingerprint density at radius 1 is 1.12 bits per heavy atom. The summed E-state index contributed by atoms with van der Waals surface area (Å²) < 4.78 is 0.